The first-order valence-electron chi connectivity index (χ1n) is 7.89. The smallest absolute Gasteiger partial charge is 0.193 e. The number of guanidine groups is 1. The molecule has 0 spiro atoms. The van der Waals surface area contributed by atoms with Crippen molar-refractivity contribution in [2.24, 2.45) is 10.9 Å². The van der Waals surface area contributed by atoms with E-state index in [1.807, 2.05) is 0 Å². The van der Waals surface area contributed by atoms with Crippen molar-refractivity contribution in [1.29, 1.82) is 0 Å². The minimum absolute atomic E-state index is 0.713. The molecule has 0 amide bonds. The average molecular weight is 271 g/mol. The van der Waals surface area contributed by atoms with Crippen LogP contribution in [0.5, 0.6) is 0 Å². The molecule has 2 atom stereocenters. The fraction of sp³-hybridized carbons (Fsp3) is 0.588. The lowest BCUT2D eigenvalue weighted by Gasteiger charge is -2.32. The summed E-state index contributed by atoms with van der Waals surface area (Å²) in [5.74, 6) is 2.54. The number of hydrogen-bond acceptors (Lipinski definition) is 3. The first-order chi connectivity index (χ1) is 9.84. The topological polar surface area (TPSA) is 27.6 Å². The molecule has 1 saturated carbocycles. The van der Waals surface area contributed by atoms with Gasteiger partial charge >= 0.3 is 0 Å². The molecular formula is C17H25N3. The Morgan fingerprint density at radius 1 is 1.20 bits per heavy atom. The summed E-state index contributed by atoms with van der Waals surface area (Å²) in [7, 11) is 2.12. The van der Waals surface area contributed by atoms with E-state index in [0.717, 1.165) is 31.5 Å². The molecule has 0 radical (unpaired) electrons. The van der Waals surface area contributed by atoms with Gasteiger partial charge in [0.25, 0.3) is 0 Å². The average Bonchev–Trinajstić information content (AvgIpc) is 2.92. The van der Waals surface area contributed by atoms with Gasteiger partial charge in [-0.3, -0.25) is 4.99 Å². The molecule has 3 nitrogen and oxygen atoms in total. The van der Waals surface area contributed by atoms with Gasteiger partial charge in [0.15, 0.2) is 5.96 Å². The molecule has 1 fully saturated rings. The molecule has 1 aliphatic carbocycles. The highest BCUT2D eigenvalue weighted by atomic mass is 15.3. The quantitative estimate of drug-likeness (QED) is 0.915. The standard InChI is InChI=1S/C17H25N3/c1-20-12-11-18-17(20)19-13-15-9-5-6-10-16(15)14-7-3-2-4-8-14/h2-4,7-8,15-16H,5-6,9-13H2,1H3,(H,18,19). The monoisotopic (exact) mass is 271 g/mol. The van der Waals surface area contributed by atoms with E-state index in [2.05, 4.69) is 52.6 Å². The molecule has 20 heavy (non-hydrogen) atoms. The van der Waals surface area contributed by atoms with E-state index >= 15 is 0 Å². The van der Waals surface area contributed by atoms with Crippen molar-refractivity contribution in [3.8, 4) is 0 Å². The van der Waals surface area contributed by atoms with E-state index in [-0.39, 0.29) is 0 Å². The summed E-state index contributed by atoms with van der Waals surface area (Å²) in [6.45, 7) is 3.05. The zero-order valence-corrected chi connectivity index (χ0v) is 12.4. The minimum Gasteiger partial charge on any atom is -0.356 e. The maximum absolute atomic E-state index is 4.53. The summed E-state index contributed by atoms with van der Waals surface area (Å²) in [4.78, 5) is 6.75. The molecular weight excluding hydrogens is 246 g/mol. The maximum Gasteiger partial charge on any atom is 0.193 e. The van der Waals surface area contributed by atoms with Crippen LogP contribution in [-0.2, 0) is 0 Å². The molecule has 2 aliphatic rings. The van der Waals surface area contributed by atoms with E-state index in [1.165, 1.54) is 31.2 Å². The van der Waals surface area contributed by atoms with Gasteiger partial charge in [-0.1, -0.05) is 43.2 Å². The highest BCUT2D eigenvalue weighted by molar-refractivity contribution is 5.81. The van der Waals surface area contributed by atoms with E-state index in [0.29, 0.717) is 5.92 Å². The molecule has 0 saturated heterocycles. The molecule has 1 aromatic rings. The van der Waals surface area contributed by atoms with Crippen molar-refractivity contribution in [2.75, 3.05) is 26.7 Å². The molecule has 3 heteroatoms. The fourth-order valence-corrected chi connectivity index (χ4v) is 3.54. The second-order valence-corrected chi connectivity index (χ2v) is 6.07. The number of benzene rings is 1. The molecule has 0 aromatic heterocycles. The Morgan fingerprint density at radius 2 is 2.00 bits per heavy atom. The van der Waals surface area contributed by atoms with Crippen LogP contribution in [0.3, 0.4) is 0 Å². The van der Waals surface area contributed by atoms with Gasteiger partial charge in [-0.05, 0) is 30.2 Å². The lowest BCUT2D eigenvalue weighted by molar-refractivity contribution is 0.304. The predicted octanol–water partition coefficient (Wildman–Crippen LogP) is 2.85. The summed E-state index contributed by atoms with van der Waals surface area (Å²) in [5.41, 5.74) is 1.51. The maximum atomic E-state index is 4.53. The molecule has 108 valence electrons. The van der Waals surface area contributed by atoms with E-state index in [9.17, 15) is 0 Å². The van der Waals surface area contributed by atoms with Gasteiger partial charge in [0.2, 0.25) is 0 Å². The second kappa shape index (κ2) is 6.29. The van der Waals surface area contributed by atoms with Crippen molar-refractivity contribution >= 4 is 5.96 Å². The summed E-state index contributed by atoms with van der Waals surface area (Å²) in [5, 5.41) is 3.58. The third-order valence-electron chi connectivity index (χ3n) is 4.72. The van der Waals surface area contributed by atoms with Gasteiger partial charge in [-0.2, -0.15) is 0 Å². The first-order valence-corrected chi connectivity index (χ1v) is 7.89. The van der Waals surface area contributed by atoms with Crippen LogP contribution < -0.4 is 5.32 Å². The van der Waals surface area contributed by atoms with Crippen LogP contribution >= 0.6 is 0 Å². The van der Waals surface area contributed by atoms with Gasteiger partial charge < -0.3 is 10.2 Å². The molecule has 1 aromatic carbocycles. The number of hydrogen-bond donors (Lipinski definition) is 1. The van der Waals surface area contributed by atoms with Gasteiger partial charge in [-0.15, -0.1) is 0 Å². The normalized spacial score (nSPS) is 26.4. The molecule has 1 N–H and O–H groups in total. The van der Waals surface area contributed by atoms with Crippen LogP contribution in [0.25, 0.3) is 0 Å². The number of rotatable bonds is 3. The van der Waals surface area contributed by atoms with Gasteiger partial charge in [0.05, 0.1) is 6.54 Å². The predicted molar refractivity (Wildman–Crippen MR) is 84.1 cm³/mol. The summed E-state index contributed by atoms with van der Waals surface area (Å²) >= 11 is 0. The first kappa shape index (κ1) is 13.5. The van der Waals surface area contributed by atoms with Gasteiger partial charge in [-0.25, -0.2) is 0 Å². The number of likely N-dealkylation sites (N-methyl/N-ethyl adjacent to an activating group) is 1. The second-order valence-electron chi connectivity index (χ2n) is 6.07. The van der Waals surface area contributed by atoms with Crippen molar-refractivity contribution in [3.05, 3.63) is 35.9 Å². The lowest BCUT2D eigenvalue weighted by atomic mass is 9.75. The van der Waals surface area contributed by atoms with Crippen LogP contribution in [0.15, 0.2) is 35.3 Å². The Balaban J connectivity index is 1.64. The highest BCUT2D eigenvalue weighted by Crippen LogP contribution is 2.37. The largest absolute Gasteiger partial charge is 0.356 e. The zero-order chi connectivity index (χ0) is 13.8. The van der Waals surface area contributed by atoms with Crippen LogP contribution in [0.2, 0.25) is 0 Å². The third-order valence-corrected chi connectivity index (χ3v) is 4.72. The third kappa shape index (κ3) is 2.97. The highest BCUT2D eigenvalue weighted by Gasteiger charge is 2.27. The summed E-state index contributed by atoms with van der Waals surface area (Å²) < 4.78 is 0. The Kier molecular flexibility index (Phi) is 4.24. The Labute approximate surface area is 122 Å². The molecule has 1 heterocycles. The van der Waals surface area contributed by atoms with Crippen LogP contribution in [0.4, 0.5) is 0 Å². The Morgan fingerprint density at radius 3 is 2.75 bits per heavy atom. The van der Waals surface area contributed by atoms with Crippen LogP contribution in [0.1, 0.15) is 37.2 Å². The molecule has 0 bridgehead atoms. The van der Waals surface area contributed by atoms with Crippen LogP contribution in [0, 0.1) is 5.92 Å². The lowest BCUT2D eigenvalue weighted by Crippen LogP contribution is -2.40. The number of nitrogens with one attached hydrogen (secondary N) is 1. The van der Waals surface area contributed by atoms with E-state index in [4.69, 9.17) is 0 Å². The Bertz CT molecular complexity index is 455. The minimum atomic E-state index is 0.713. The molecule has 3 rings (SSSR count). The van der Waals surface area contributed by atoms with Crippen molar-refractivity contribution < 1.29 is 0 Å². The number of nitrogens with zero attached hydrogens (tertiary/aromatic N) is 2. The SMILES string of the molecule is CN1CCN=C1NCC1CCCCC1c1ccccc1. The zero-order valence-electron chi connectivity index (χ0n) is 12.4. The van der Waals surface area contributed by atoms with E-state index < -0.39 is 0 Å². The summed E-state index contributed by atoms with van der Waals surface area (Å²) in [6.07, 6.45) is 5.41. The van der Waals surface area contributed by atoms with Crippen molar-refractivity contribution in [2.45, 2.75) is 31.6 Å². The number of aliphatic imine (C=N–C) groups is 1. The van der Waals surface area contributed by atoms with E-state index in [1.54, 1.807) is 0 Å². The van der Waals surface area contributed by atoms with Gasteiger partial charge in [0, 0.05) is 20.1 Å². The fourth-order valence-electron chi connectivity index (χ4n) is 3.54. The van der Waals surface area contributed by atoms with Gasteiger partial charge in [0.1, 0.15) is 0 Å². The molecule has 1 aliphatic heterocycles. The van der Waals surface area contributed by atoms with Crippen LogP contribution in [-0.4, -0.2) is 37.5 Å². The summed E-state index contributed by atoms with van der Waals surface area (Å²) in [6, 6.07) is 11.0. The molecule has 2 unspecified atom stereocenters. The van der Waals surface area contributed by atoms with Crippen molar-refractivity contribution in [1.82, 2.24) is 10.2 Å². The van der Waals surface area contributed by atoms with Crippen molar-refractivity contribution in [3.63, 3.8) is 0 Å². The Hall–Kier alpha value is -1.51.